The van der Waals surface area contributed by atoms with Crippen LogP contribution >= 0.6 is 0 Å². The summed E-state index contributed by atoms with van der Waals surface area (Å²) in [6, 6.07) is 0. The monoisotopic (exact) mass is 192 g/mol. The number of Topliss-reactive ketones (excluding diaryl/α,β-unsaturated/α-hetero) is 1. The zero-order valence-electron chi connectivity index (χ0n) is 8.57. The minimum Gasteiger partial charge on any atom is -0.294 e. The highest BCUT2D eigenvalue weighted by Crippen LogP contribution is 2.28. The number of rotatable bonds is 3. The van der Waals surface area contributed by atoms with E-state index in [0.717, 1.165) is 5.56 Å². The second-order valence-electron chi connectivity index (χ2n) is 4.18. The van der Waals surface area contributed by atoms with E-state index < -0.39 is 0 Å². The first-order valence-electron chi connectivity index (χ1n) is 5.27. The van der Waals surface area contributed by atoms with E-state index in [2.05, 4.69) is 5.10 Å². The molecule has 0 amide bonds. The first-order valence-corrected chi connectivity index (χ1v) is 5.27. The summed E-state index contributed by atoms with van der Waals surface area (Å²) in [5.74, 6) is 0.882. The van der Waals surface area contributed by atoms with Crippen LogP contribution in [0.25, 0.3) is 0 Å². The molecule has 1 fully saturated rings. The number of hydrogen-bond donors (Lipinski definition) is 0. The van der Waals surface area contributed by atoms with Crippen molar-refractivity contribution in [3.05, 3.63) is 18.0 Å². The summed E-state index contributed by atoms with van der Waals surface area (Å²) in [5.41, 5.74) is 0.763. The average Bonchev–Trinajstić information content (AvgIpc) is 2.75. The molecule has 76 valence electrons. The highest BCUT2D eigenvalue weighted by Gasteiger charge is 2.19. The van der Waals surface area contributed by atoms with E-state index in [1.165, 1.54) is 25.7 Å². The van der Waals surface area contributed by atoms with E-state index >= 15 is 0 Å². The summed E-state index contributed by atoms with van der Waals surface area (Å²) in [7, 11) is 1.84. The van der Waals surface area contributed by atoms with Crippen LogP contribution in [0.4, 0.5) is 0 Å². The van der Waals surface area contributed by atoms with E-state index in [1.54, 1.807) is 17.1 Å². The number of carbonyl (C=O) groups excluding carboxylic acids is 1. The molecule has 1 heterocycles. The van der Waals surface area contributed by atoms with Gasteiger partial charge in [-0.3, -0.25) is 9.48 Å². The number of aromatic nitrogens is 2. The highest BCUT2D eigenvalue weighted by molar-refractivity contribution is 5.95. The van der Waals surface area contributed by atoms with Gasteiger partial charge in [-0.1, -0.05) is 25.7 Å². The Kier molecular flexibility index (Phi) is 2.66. The molecule has 0 atom stereocenters. The molecule has 0 aromatic carbocycles. The molecule has 2 rings (SSSR count). The molecule has 1 aliphatic rings. The predicted octanol–water partition coefficient (Wildman–Crippen LogP) is 2.18. The normalized spacial score (nSPS) is 17.5. The molecule has 1 aromatic heterocycles. The van der Waals surface area contributed by atoms with Crippen molar-refractivity contribution in [1.29, 1.82) is 0 Å². The summed E-state index contributed by atoms with van der Waals surface area (Å²) in [6.07, 6.45) is 9.23. The number of ketones is 1. The minimum atomic E-state index is 0.255. The quantitative estimate of drug-likeness (QED) is 0.688. The Morgan fingerprint density at radius 2 is 2.29 bits per heavy atom. The molecule has 0 bridgehead atoms. The number of hydrogen-bond acceptors (Lipinski definition) is 2. The fourth-order valence-electron chi connectivity index (χ4n) is 2.16. The van der Waals surface area contributed by atoms with Crippen molar-refractivity contribution in [2.24, 2.45) is 13.0 Å². The van der Waals surface area contributed by atoms with Gasteiger partial charge in [-0.25, -0.2) is 0 Å². The van der Waals surface area contributed by atoms with Gasteiger partial charge in [0.2, 0.25) is 0 Å². The first-order chi connectivity index (χ1) is 6.75. The molecular formula is C11H16N2O. The van der Waals surface area contributed by atoms with Gasteiger partial charge in [-0.15, -0.1) is 0 Å². The van der Waals surface area contributed by atoms with Gasteiger partial charge in [0.25, 0.3) is 0 Å². The summed E-state index contributed by atoms with van der Waals surface area (Å²) in [5, 5.41) is 4.01. The Morgan fingerprint density at radius 1 is 1.57 bits per heavy atom. The van der Waals surface area contributed by atoms with Crippen LogP contribution in [0.3, 0.4) is 0 Å². The van der Waals surface area contributed by atoms with Crippen LogP contribution in [-0.2, 0) is 7.05 Å². The lowest BCUT2D eigenvalue weighted by atomic mass is 9.99. The Morgan fingerprint density at radius 3 is 2.86 bits per heavy atom. The summed E-state index contributed by atoms with van der Waals surface area (Å²) >= 11 is 0. The molecule has 0 spiro atoms. The molecular weight excluding hydrogens is 176 g/mol. The summed E-state index contributed by atoms with van der Waals surface area (Å²) in [4.78, 5) is 11.8. The van der Waals surface area contributed by atoms with Crippen molar-refractivity contribution in [3.8, 4) is 0 Å². The minimum absolute atomic E-state index is 0.255. The van der Waals surface area contributed by atoms with Gasteiger partial charge >= 0.3 is 0 Å². The first kappa shape index (κ1) is 9.44. The lowest BCUT2D eigenvalue weighted by Gasteiger charge is -2.05. The van der Waals surface area contributed by atoms with Crippen molar-refractivity contribution in [3.63, 3.8) is 0 Å². The SMILES string of the molecule is Cn1cc(C(=O)CC2CCCC2)cn1. The molecule has 0 radical (unpaired) electrons. The van der Waals surface area contributed by atoms with Crippen LogP contribution in [0, 0.1) is 5.92 Å². The van der Waals surface area contributed by atoms with Crippen molar-refractivity contribution < 1.29 is 4.79 Å². The third-order valence-electron chi connectivity index (χ3n) is 2.98. The van der Waals surface area contributed by atoms with Crippen molar-refractivity contribution in [2.45, 2.75) is 32.1 Å². The van der Waals surface area contributed by atoms with E-state index in [-0.39, 0.29) is 5.78 Å². The third kappa shape index (κ3) is 2.03. The Hall–Kier alpha value is -1.12. The second kappa shape index (κ2) is 3.95. The zero-order chi connectivity index (χ0) is 9.97. The number of nitrogens with zero attached hydrogens (tertiary/aromatic N) is 2. The van der Waals surface area contributed by atoms with Gasteiger partial charge in [0.05, 0.1) is 11.8 Å². The molecule has 3 nitrogen and oxygen atoms in total. The van der Waals surface area contributed by atoms with Crippen LogP contribution < -0.4 is 0 Å². The lowest BCUT2D eigenvalue weighted by molar-refractivity contribution is 0.0962. The lowest BCUT2D eigenvalue weighted by Crippen LogP contribution is -2.04. The highest BCUT2D eigenvalue weighted by atomic mass is 16.1. The number of aryl methyl sites for hydroxylation is 1. The van der Waals surface area contributed by atoms with Crippen LogP contribution in [0.15, 0.2) is 12.4 Å². The standard InChI is InChI=1S/C11H16N2O/c1-13-8-10(7-12-13)11(14)6-9-4-2-3-5-9/h7-9H,2-6H2,1H3. The van der Waals surface area contributed by atoms with Crippen molar-refractivity contribution >= 4 is 5.78 Å². The largest absolute Gasteiger partial charge is 0.294 e. The summed E-state index contributed by atoms with van der Waals surface area (Å²) in [6.45, 7) is 0. The smallest absolute Gasteiger partial charge is 0.166 e. The molecule has 1 aliphatic carbocycles. The van der Waals surface area contributed by atoms with Gasteiger partial charge in [0.15, 0.2) is 5.78 Å². The maximum absolute atomic E-state index is 11.8. The van der Waals surface area contributed by atoms with E-state index in [0.29, 0.717) is 12.3 Å². The Balaban J connectivity index is 1.95. The van der Waals surface area contributed by atoms with Crippen molar-refractivity contribution in [2.75, 3.05) is 0 Å². The molecule has 14 heavy (non-hydrogen) atoms. The molecule has 0 saturated heterocycles. The van der Waals surface area contributed by atoms with Crippen LogP contribution in [-0.4, -0.2) is 15.6 Å². The Labute approximate surface area is 84.1 Å². The van der Waals surface area contributed by atoms with Crippen LogP contribution in [0.1, 0.15) is 42.5 Å². The average molecular weight is 192 g/mol. The van der Waals surface area contributed by atoms with Gasteiger partial charge in [-0.2, -0.15) is 5.10 Å². The van der Waals surface area contributed by atoms with E-state index in [4.69, 9.17) is 0 Å². The van der Waals surface area contributed by atoms with Crippen LogP contribution in [0.5, 0.6) is 0 Å². The fourth-order valence-corrected chi connectivity index (χ4v) is 2.16. The predicted molar refractivity (Wildman–Crippen MR) is 54.1 cm³/mol. The third-order valence-corrected chi connectivity index (χ3v) is 2.98. The Bertz CT molecular complexity index is 324. The van der Waals surface area contributed by atoms with Gasteiger partial charge in [0, 0.05) is 19.7 Å². The summed E-state index contributed by atoms with van der Waals surface area (Å²) < 4.78 is 1.68. The molecule has 3 heteroatoms. The van der Waals surface area contributed by atoms with Crippen LogP contribution in [0.2, 0.25) is 0 Å². The molecule has 0 aliphatic heterocycles. The van der Waals surface area contributed by atoms with Gasteiger partial charge in [-0.05, 0) is 5.92 Å². The topological polar surface area (TPSA) is 34.9 Å². The van der Waals surface area contributed by atoms with E-state index in [1.807, 2.05) is 7.05 Å². The van der Waals surface area contributed by atoms with Gasteiger partial charge in [0.1, 0.15) is 0 Å². The zero-order valence-corrected chi connectivity index (χ0v) is 8.57. The van der Waals surface area contributed by atoms with Crippen molar-refractivity contribution in [1.82, 2.24) is 9.78 Å². The second-order valence-corrected chi connectivity index (χ2v) is 4.18. The maximum Gasteiger partial charge on any atom is 0.166 e. The molecule has 1 saturated carbocycles. The fraction of sp³-hybridized carbons (Fsp3) is 0.636. The molecule has 0 N–H and O–H groups in total. The van der Waals surface area contributed by atoms with Gasteiger partial charge < -0.3 is 0 Å². The maximum atomic E-state index is 11.8. The van der Waals surface area contributed by atoms with E-state index in [9.17, 15) is 4.79 Å². The molecule has 1 aromatic rings. The number of carbonyl (C=O) groups is 1. The molecule has 0 unspecified atom stereocenters.